The van der Waals surface area contributed by atoms with E-state index in [4.69, 9.17) is 4.74 Å². The first-order valence-corrected chi connectivity index (χ1v) is 13.7. The van der Waals surface area contributed by atoms with Crippen LogP contribution in [0.15, 0.2) is 12.3 Å². The second-order valence-corrected chi connectivity index (χ2v) is 11.1. The molecule has 4 atom stereocenters. The van der Waals surface area contributed by atoms with Crippen LogP contribution in [0.3, 0.4) is 0 Å². The molecule has 6 rings (SSSR count). The molecule has 8 nitrogen and oxygen atoms in total. The van der Waals surface area contributed by atoms with Crippen LogP contribution in [-0.4, -0.2) is 81.7 Å². The number of carbonyl (C=O) groups is 2. The van der Waals surface area contributed by atoms with E-state index >= 15 is 0 Å². The van der Waals surface area contributed by atoms with Crippen LogP contribution in [0.2, 0.25) is 0 Å². The standard InChI is InChI=1S/C25H28F5N5O3S/c1-3-17(25(28,29)30)32-18-8-15(21(26)27)16(9-31-18)20-19(23(36)35-6-4-5-12(35)2)33-22(39-20)24(37)34-10-13-7-14(11-34)38-13/h8-9,12-14,17,21H,3-7,10-11H2,1-2H3,(H,31,32)/t12-,13?,14?,17-/m0/s1. The highest BCUT2D eigenvalue weighted by molar-refractivity contribution is 7.17. The molecule has 0 aromatic carbocycles. The number of aromatic nitrogens is 2. The summed E-state index contributed by atoms with van der Waals surface area (Å²) in [4.78, 5) is 38.4. The Morgan fingerprint density at radius 2 is 1.92 bits per heavy atom. The van der Waals surface area contributed by atoms with Crippen LogP contribution in [0.4, 0.5) is 27.8 Å². The monoisotopic (exact) mass is 573 g/mol. The van der Waals surface area contributed by atoms with Gasteiger partial charge in [-0.1, -0.05) is 6.92 Å². The smallest absolute Gasteiger partial charge is 0.371 e. The Kier molecular flexibility index (Phi) is 7.53. The van der Waals surface area contributed by atoms with E-state index in [2.05, 4.69) is 15.3 Å². The number of nitrogens with one attached hydrogen (secondary N) is 1. The molecule has 4 fully saturated rings. The zero-order valence-electron chi connectivity index (χ0n) is 21.3. The maximum atomic E-state index is 14.3. The molecule has 2 aromatic heterocycles. The molecule has 14 heteroatoms. The Morgan fingerprint density at radius 3 is 2.49 bits per heavy atom. The van der Waals surface area contributed by atoms with E-state index in [1.54, 1.807) is 9.80 Å². The Labute approximate surface area is 225 Å². The molecular formula is C25H28F5N5O3S. The molecule has 6 heterocycles. The van der Waals surface area contributed by atoms with Crippen LogP contribution in [-0.2, 0) is 4.74 Å². The second kappa shape index (κ2) is 10.6. The van der Waals surface area contributed by atoms with Gasteiger partial charge in [0.25, 0.3) is 18.2 Å². The first-order chi connectivity index (χ1) is 18.5. The van der Waals surface area contributed by atoms with Gasteiger partial charge in [-0.15, -0.1) is 11.3 Å². The number of nitrogens with zero attached hydrogens (tertiary/aromatic N) is 4. The highest BCUT2D eigenvalue weighted by Gasteiger charge is 2.42. The number of likely N-dealkylation sites (tertiary alicyclic amines) is 1. The molecule has 0 aliphatic carbocycles. The van der Waals surface area contributed by atoms with Gasteiger partial charge in [0, 0.05) is 49.4 Å². The van der Waals surface area contributed by atoms with Gasteiger partial charge in [0.05, 0.1) is 17.1 Å². The van der Waals surface area contributed by atoms with Crippen LogP contribution in [0.25, 0.3) is 10.4 Å². The van der Waals surface area contributed by atoms with Crippen molar-refractivity contribution >= 4 is 29.0 Å². The number of ether oxygens (including phenoxy) is 1. The van der Waals surface area contributed by atoms with E-state index in [0.717, 1.165) is 42.9 Å². The van der Waals surface area contributed by atoms with Gasteiger partial charge in [-0.2, -0.15) is 13.2 Å². The molecule has 212 valence electrons. The van der Waals surface area contributed by atoms with Crippen molar-refractivity contribution in [2.75, 3.05) is 25.0 Å². The number of piperidine rings is 1. The maximum absolute atomic E-state index is 14.3. The summed E-state index contributed by atoms with van der Waals surface area (Å²) in [6.07, 6.45) is -4.70. The minimum Gasteiger partial charge on any atom is -0.371 e. The molecule has 2 bridgehead atoms. The van der Waals surface area contributed by atoms with Crippen LogP contribution in [0, 0.1) is 0 Å². The van der Waals surface area contributed by atoms with E-state index in [1.807, 2.05) is 6.92 Å². The number of anilines is 1. The summed E-state index contributed by atoms with van der Waals surface area (Å²) in [5, 5.41) is 2.15. The summed E-state index contributed by atoms with van der Waals surface area (Å²) in [5.74, 6) is -1.28. The number of pyridine rings is 1. The van der Waals surface area contributed by atoms with Gasteiger partial charge in [-0.05, 0) is 32.3 Å². The molecule has 1 N–H and O–H groups in total. The number of alkyl halides is 5. The molecule has 4 saturated heterocycles. The van der Waals surface area contributed by atoms with Crippen LogP contribution in [0.1, 0.15) is 71.8 Å². The van der Waals surface area contributed by atoms with E-state index < -0.39 is 36.0 Å². The fourth-order valence-electron chi connectivity index (χ4n) is 5.28. The van der Waals surface area contributed by atoms with Gasteiger partial charge < -0.3 is 19.9 Å². The molecule has 4 aliphatic heterocycles. The molecule has 2 unspecified atom stereocenters. The number of thiazole rings is 1. The van der Waals surface area contributed by atoms with Crippen molar-refractivity contribution in [3.63, 3.8) is 0 Å². The number of amides is 2. The van der Waals surface area contributed by atoms with Crippen LogP contribution < -0.4 is 5.32 Å². The Balaban J connectivity index is 1.54. The third-order valence-corrected chi connectivity index (χ3v) is 8.49. The second-order valence-electron chi connectivity index (χ2n) is 10.1. The van der Waals surface area contributed by atoms with Crippen molar-refractivity contribution < 1.29 is 36.3 Å². The van der Waals surface area contributed by atoms with Crippen molar-refractivity contribution in [2.24, 2.45) is 0 Å². The van der Waals surface area contributed by atoms with E-state index in [0.29, 0.717) is 19.6 Å². The summed E-state index contributed by atoms with van der Waals surface area (Å²) in [6.45, 7) is 4.40. The molecule has 0 saturated carbocycles. The fraction of sp³-hybridized carbons (Fsp3) is 0.600. The van der Waals surface area contributed by atoms with Gasteiger partial charge in [0.15, 0.2) is 5.01 Å². The van der Waals surface area contributed by atoms with Crippen LogP contribution >= 0.6 is 11.3 Å². The van der Waals surface area contributed by atoms with Gasteiger partial charge in [0.1, 0.15) is 17.6 Å². The van der Waals surface area contributed by atoms with Gasteiger partial charge >= 0.3 is 6.18 Å². The average molecular weight is 574 g/mol. The minimum atomic E-state index is -4.60. The SMILES string of the molecule is CC[C@H](Nc1cc(C(F)F)c(-c2sc(C(=O)N3CC4CC(C3)O4)nc2C(=O)N2CCC[C@@H]2C)cn1)C(F)(F)F. The summed E-state index contributed by atoms with van der Waals surface area (Å²) < 4.78 is 73.9. The highest BCUT2D eigenvalue weighted by atomic mass is 32.1. The largest absolute Gasteiger partial charge is 0.408 e. The quantitative estimate of drug-likeness (QED) is 0.462. The Morgan fingerprint density at radius 1 is 1.23 bits per heavy atom. The predicted octanol–water partition coefficient (Wildman–Crippen LogP) is 5.13. The van der Waals surface area contributed by atoms with E-state index in [1.165, 1.54) is 6.92 Å². The molecular weight excluding hydrogens is 545 g/mol. The topological polar surface area (TPSA) is 87.7 Å². The lowest BCUT2D eigenvalue weighted by atomic mass is 9.99. The van der Waals surface area contributed by atoms with Crippen molar-refractivity contribution in [3.05, 3.63) is 28.5 Å². The van der Waals surface area contributed by atoms with Crippen molar-refractivity contribution in [3.8, 4) is 10.4 Å². The number of carbonyl (C=O) groups excluding carboxylic acids is 2. The molecule has 2 aromatic rings. The molecule has 2 amide bonds. The predicted molar refractivity (Wildman–Crippen MR) is 133 cm³/mol. The fourth-order valence-corrected chi connectivity index (χ4v) is 6.34. The van der Waals surface area contributed by atoms with Crippen molar-refractivity contribution in [1.29, 1.82) is 0 Å². The number of fused-ring (bicyclic) bond motifs is 2. The third kappa shape index (κ3) is 5.45. The first-order valence-electron chi connectivity index (χ1n) is 12.8. The number of hydrogen-bond donors (Lipinski definition) is 1. The Bertz CT molecular complexity index is 1240. The average Bonchev–Trinajstić information content (AvgIpc) is 3.52. The van der Waals surface area contributed by atoms with Gasteiger partial charge in [-0.25, -0.2) is 18.7 Å². The third-order valence-electron chi connectivity index (χ3n) is 7.41. The highest BCUT2D eigenvalue weighted by Crippen LogP contribution is 2.40. The van der Waals surface area contributed by atoms with Crippen LogP contribution in [0.5, 0.6) is 0 Å². The lowest BCUT2D eigenvalue weighted by molar-refractivity contribution is -0.171. The van der Waals surface area contributed by atoms with Crippen molar-refractivity contribution in [1.82, 2.24) is 19.8 Å². The zero-order chi connectivity index (χ0) is 28.1. The molecule has 4 aliphatic rings. The van der Waals surface area contributed by atoms with Crippen molar-refractivity contribution in [2.45, 2.75) is 76.4 Å². The summed E-state index contributed by atoms with van der Waals surface area (Å²) in [6, 6.07) is -1.20. The lowest BCUT2D eigenvalue weighted by Gasteiger charge is -2.46. The van der Waals surface area contributed by atoms with E-state index in [-0.39, 0.29) is 51.6 Å². The van der Waals surface area contributed by atoms with E-state index in [9.17, 15) is 31.5 Å². The number of morpholine rings is 1. The molecule has 0 spiro atoms. The Hall–Kier alpha value is -2.87. The molecule has 0 radical (unpaired) electrons. The summed E-state index contributed by atoms with van der Waals surface area (Å²) in [7, 11) is 0. The summed E-state index contributed by atoms with van der Waals surface area (Å²) in [5.41, 5.74) is -0.892. The first kappa shape index (κ1) is 27.7. The zero-order valence-corrected chi connectivity index (χ0v) is 22.1. The molecule has 39 heavy (non-hydrogen) atoms. The summed E-state index contributed by atoms with van der Waals surface area (Å²) >= 11 is 0.814. The number of rotatable bonds is 7. The normalized spacial score (nSPS) is 23.6. The number of hydrogen-bond acceptors (Lipinski definition) is 7. The van der Waals surface area contributed by atoms with Gasteiger partial charge in [-0.3, -0.25) is 9.59 Å². The lowest BCUT2D eigenvalue weighted by Crippen LogP contribution is -2.58. The number of halogens is 5. The van der Waals surface area contributed by atoms with Gasteiger partial charge in [0.2, 0.25) is 0 Å². The minimum absolute atomic E-state index is 0.0213. The maximum Gasteiger partial charge on any atom is 0.408 e.